The quantitative estimate of drug-likeness (QED) is 0.354. The van der Waals surface area contributed by atoms with E-state index < -0.39 is 0 Å². The SMILES string of the molecule is CCn1c(SCC(=O)c2ccc(Cl)cc2)nc2nc3c(cc2c1=O)CCCC3. The molecule has 144 valence electrons. The lowest BCUT2D eigenvalue weighted by Crippen LogP contribution is -2.24. The number of carbonyl (C=O) groups excluding carboxylic acids is 1. The molecule has 28 heavy (non-hydrogen) atoms. The molecule has 0 saturated heterocycles. The Balaban J connectivity index is 1.67. The van der Waals surface area contributed by atoms with Crippen molar-refractivity contribution in [3.63, 3.8) is 0 Å². The van der Waals surface area contributed by atoms with Crippen LogP contribution in [0.25, 0.3) is 11.0 Å². The highest BCUT2D eigenvalue weighted by atomic mass is 35.5. The minimum absolute atomic E-state index is 0.0305. The highest BCUT2D eigenvalue weighted by molar-refractivity contribution is 7.99. The van der Waals surface area contributed by atoms with Crippen LogP contribution in [0.5, 0.6) is 0 Å². The Morgan fingerprint density at radius 3 is 2.68 bits per heavy atom. The van der Waals surface area contributed by atoms with Gasteiger partial charge in [-0.1, -0.05) is 23.4 Å². The molecule has 1 aliphatic rings. The second kappa shape index (κ2) is 8.05. The molecular weight excluding hydrogens is 394 g/mol. The van der Waals surface area contributed by atoms with Crippen LogP contribution in [0.2, 0.25) is 5.02 Å². The van der Waals surface area contributed by atoms with Crippen molar-refractivity contribution in [1.82, 2.24) is 14.5 Å². The maximum Gasteiger partial charge on any atom is 0.263 e. The van der Waals surface area contributed by atoms with Crippen LogP contribution in [0.3, 0.4) is 0 Å². The Hall–Kier alpha value is -2.18. The van der Waals surface area contributed by atoms with Crippen molar-refractivity contribution >= 4 is 40.2 Å². The largest absolute Gasteiger partial charge is 0.293 e. The van der Waals surface area contributed by atoms with Gasteiger partial charge in [0.25, 0.3) is 5.56 Å². The average Bonchev–Trinajstić information content (AvgIpc) is 2.71. The molecule has 0 N–H and O–H groups in total. The molecule has 1 aliphatic carbocycles. The maximum absolute atomic E-state index is 13.0. The fourth-order valence-corrected chi connectivity index (χ4v) is 4.56. The molecule has 1 aromatic carbocycles. The minimum Gasteiger partial charge on any atom is -0.293 e. The van der Waals surface area contributed by atoms with E-state index in [0.29, 0.717) is 33.3 Å². The molecular formula is C21H20ClN3O2S. The van der Waals surface area contributed by atoms with Crippen molar-refractivity contribution in [3.8, 4) is 0 Å². The Morgan fingerprint density at radius 1 is 1.18 bits per heavy atom. The van der Waals surface area contributed by atoms with Gasteiger partial charge in [0, 0.05) is 22.8 Å². The summed E-state index contributed by atoms with van der Waals surface area (Å²) in [7, 11) is 0. The number of aromatic nitrogens is 3. The molecule has 0 saturated carbocycles. The van der Waals surface area contributed by atoms with Crippen LogP contribution in [0.4, 0.5) is 0 Å². The molecule has 4 rings (SSSR count). The number of fused-ring (bicyclic) bond motifs is 2. The van der Waals surface area contributed by atoms with Crippen molar-refractivity contribution in [2.75, 3.05) is 5.75 Å². The Bertz CT molecular complexity index is 1110. The lowest BCUT2D eigenvalue weighted by molar-refractivity contribution is 0.102. The van der Waals surface area contributed by atoms with E-state index in [-0.39, 0.29) is 17.1 Å². The average molecular weight is 414 g/mol. The van der Waals surface area contributed by atoms with Gasteiger partial charge in [-0.25, -0.2) is 9.97 Å². The normalized spacial score (nSPS) is 13.5. The number of hydrogen-bond acceptors (Lipinski definition) is 5. The first-order valence-electron chi connectivity index (χ1n) is 9.41. The summed E-state index contributed by atoms with van der Waals surface area (Å²) >= 11 is 7.16. The van der Waals surface area contributed by atoms with Gasteiger partial charge in [-0.05, 0) is 68.5 Å². The highest BCUT2D eigenvalue weighted by Gasteiger charge is 2.18. The number of nitrogens with zero attached hydrogens (tertiary/aromatic N) is 3. The third-order valence-corrected chi connectivity index (χ3v) is 6.23. The van der Waals surface area contributed by atoms with E-state index in [1.165, 1.54) is 17.3 Å². The summed E-state index contributed by atoms with van der Waals surface area (Å²) in [6.07, 6.45) is 4.16. The van der Waals surface area contributed by atoms with E-state index in [2.05, 4.69) is 9.97 Å². The van der Waals surface area contributed by atoms with Crippen LogP contribution >= 0.6 is 23.4 Å². The molecule has 0 aliphatic heterocycles. The van der Waals surface area contributed by atoms with Crippen LogP contribution in [0.1, 0.15) is 41.4 Å². The first-order valence-corrected chi connectivity index (χ1v) is 10.8. The van der Waals surface area contributed by atoms with Gasteiger partial charge in [0.1, 0.15) is 0 Å². The smallest absolute Gasteiger partial charge is 0.263 e. The molecule has 2 heterocycles. The molecule has 3 aromatic rings. The molecule has 0 unspecified atom stereocenters. The number of thioether (sulfide) groups is 1. The Labute approximate surface area is 172 Å². The lowest BCUT2D eigenvalue weighted by Gasteiger charge is -2.16. The molecule has 0 amide bonds. The van der Waals surface area contributed by atoms with Crippen LogP contribution in [0, 0.1) is 0 Å². The fraction of sp³-hybridized carbons (Fsp3) is 0.333. The van der Waals surface area contributed by atoms with Crippen LogP contribution in [-0.2, 0) is 19.4 Å². The number of halogens is 1. The maximum atomic E-state index is 13.0. The fourth-order valence-electron chi connectivity index (χ4n) is 3.49. The zero-order valence-corrected chi connectivity index (χ0v) is 17.1. The van der Waals surface area contributed by atoms with Gasteiger partial charge < -0.3 is 0 Å². The van der Waals surface area contributed by atoms with Gasteiger partial charge in [-0.15, -0.1) is 0 Å². The van der Waals surface area contributed by atoms with Crippen molar-refractivity contribution in [2.24, 2.45) is 0 Å². The second-order valence-electron chi connectivity index (χ2n) is 6.83. The third-order valence-electron chi connectivity index (χ3n) is 5.00. The van der Waals surface area contributed by atoms with E-state index >= 15 is 0 Å². The van der Waals surface area contributed by atoms with E-state index in [1.807, 2.05) is 13.0 Å². The van der Waals surface area contributed by atoms with Crippen molar-refractivity contribution in [3.05, 3.63) is 62.5 Å². The number of hydrogen-bond donors (Lipinski definition) is 0. The summed E-state index contributed by atoms with van der Waals surface area (Å²) in [5.41, 5.74) is 3.20. The van der Waals surface area contributed by atoms with Gasteiger partial charge in [-0.2, -0.15) is 0 Å². The monoisotopic (exact) mass is 413 g/mol. The molecule has 0 radical (unpaired) electrons. The zero-order chi connectivity index (χ0) is 19.7. The summed E-state index contributed by atoms with van der Waals surface area (Å²) in [4.78, 5) is 34.8. The van der Waals surface area contributed by atoms with Crippen molar-refractivity contribution < 1.29 is 4.79 Å². The van der Waals surface area contributed by atoms with Gasteiger partial charge in [-0.3, -0.25) is 14.2 Å². The van der Waals surface area contributed by atoms with E-state index in [0.717, 1.165) is 31.4 Å². The Kier molecular flexibility index (Phi) is 5.51. The Morgan fingerprint density at radius 2 is 1.93 bits per heavy atom. The first kappa shape index (κ1) is 19.2. The molecule has 7 heteroatoms. The van der Waals surface area contributed by atoms with E-state index in [1.54, 1.807) is 28.8 Å². The third kappa shape index (κ3) is 3.71. The summed E-state index contributed by atoms with van der Waals surface area (Å²) in [5.74, 6) is 0.168. The van der Waals surface area contributed by atoms with E-state index in [4.69, 9.17) is 11.6 Å². The van der Waals surface area contributed by atoms with Crippen molar-refractivity contribution in [2.45, 2.75) is 44.3 Å². The predicted octanol–water partition coefficient (Wildman–Crippen LogP) is 4.32. The van der Waals surface area contributed by atoms with Crippen LogP contribution in [-0.4, -0.2) is 26.1 Å². The van der Waals surface area contributed by atoms with Gasteiger partial charge in [0.15, 0.2) is 16.6 Å². The van der Waals surface area contributed by atoms with Gasteiger partial charge >= 0.3 is 0 Å². The van der Waals surface area contributed by atoms with Crippen LogP contribution in [0.15, 0.2) is 40.3 Å². The first-order chi connectivity index (χ1) is 13.6. The van der Waals surface area contributed by atoms with E-state index in [9.17, 15) is 9.59 Å². The standard InChI is InChI=1S/C21H20ClN3O2S/c1-2-25-20(27)16-11-14-5-3-4-6-17(14)23-19(16)24-21(25)28-12-18(26)13-7-9-15(22)10-8-13/h7-11H,2-6,12H2,1H3. The summed E-state index contributed by atoms with van der Waals surface area (Å²) in [6.45, 7) is 2.40. The molecule has 0 atom stereocenters. The number of rotatable bonds is 5. The number of pyridine rings is 1. The minimum atomic E-state index is -0.0881. The highest BCUT2D eigenvalue weighted by Crippen LogP contribution is 2.24. The van der Waals surface area contributed by atoms with Crippen LogP contribution < -0.4 is 5.56 Å². The number of aryl methyl sites for hydroxylation is 2. The van der Waals surface area contributed by atoms with Gasteiger partial charge in [0.2, 0.25) is 0 Å². The predicted molar refractivity (Wildman–Crippen MR) is 113 cm³/mol. The summed E-state index contributed by atoms with van der Waals surface area (Å²) in [5, 5.41) is 1.69. The summed E-state index contributed by atoms with van der Waals surface area (Å²) < 4.78 is 1.62. The summed E-state index contributed by atoms with van der Waals surface area (Å²) in [6, 6.07) is 8.77. The number of benzene rings is 1. The molecule has 5 nitrogen and oxygen atoms in total. The zero-order valence-electron chi connectivity index (χ0n) is 15.6. The molecule has 0 fully saturated rings. The second-order valence-corrected chi connectivity index (χ2v) is 8.21. The molecule has 0 spiro atoms. The van der Waals surface area contributed by atoms with Gasteiger partial charge in [0.05, 0.1) is 11.1 Å². The molecule has 0 bridgehead atoms. The topological polar surface area (TPSA) is 64.8 Å². The molecule has 2 aromatic heterocycles. The number of carbonyl (C=O) groups is 1. The number of ketones is 1. The van der Waals surface area contributed by atoms with Crippen molar-refractivity contribution in [1.29, 1.82) is 0 Å². The number of Topliss-reactive ketones (excluding diaryl/α,β-unsaturated/α-hetero) is 1. The lowest BCUT2D eigenvalue weighted by atomic mass is 9.95.